The van der Waals surface area contributed by atoms with Crippen molar-refractivity contribution in [2.45, 2.75) is 6.42 Å². The number of benzene rings is 1. The maximum Gasteiger partial charge on any atom is 0.246 e. The van der Waals surface area contributed by atoms with Crippen molar-refractivity contribution >= 4 is 17.9 Å². The van der Waals surface area contributed by atoms with Crippen LogP contribution in [0.1, 0.15) is 12.0 Å². The van der Waals surface area contributed by atoms with E-state index in [1.165, 1.54) is 0 Å². The minimum absolute atomic E-state index is 0.0114. The van der Waals surface area contributed by atoms with Crippen molar-refractivity contribution in [1.29, 1.82) is 0 Å². The molecule has 0 radical (unpaired) electrons. The topological polar surface area (TPSA) is 49.4 Å². The molecule has 1 saturated heterocycles. The monoisotopic (exact) mass is 244 g/mol. The fourth-order valence-corrected chi connectivity index (χ4v) is 1.82. The van der Waals surface area contributed by atoms with Gasteiger partial charge in [-0.05, 0) is 11.6 Å². The van der Waals surface area contributed by atoms with E-state index < -0.39 is 0 Å². The lowest BCUT2D eigenvalue weighted by molar-refractivity contribution is -0.125. The van der Waals surface area contributed by atoms with E-state index in [2.05, 4.69) is 5.32 Å². The molecule has 1 N–H and O–H groups in total. The fraction of sp³-hybridized carbons (Fsp3) is 0.286. The minimum atomic E-state index is -0.0460. The standard InChI is InChI=1S/C14H16N2O2/c17-13-8-10-16(11-9-15-13)14(18)7-6-12-4-2-1-3-5-12/h1-7H,8-11H2,(H,15,17). The van der Waals surface area contributed by atoms with E-state index in [4.69, 9.17) is 0 Å². The summed E-state index contributed by atoms with van der Waals surface area (Å²) in [5, 5.41) is 2.75. The van der Waals surface area contributed by atoms with E-state index >= 15 is 0 Å². The van der Waals surface area contributed by atoms with Gasteiger partial charge in [0.2, 0.25) is 11.8 Å². The summed E-state index contributed by atoms with van der Waals surface area (Å²) in [5.74, 6) is -0.0345. The zero-order valence-corrected chi connectivity index (χ0v) is 10.1. The van der Waals surface area contributed by atoms with Crippen LogP contribution in [0.2, 0.25) is 0 Å². The number of amides is 2. The summed E-state index contributed by atoms with van der Waals surface area (Å²) in [6.07, 6.45) is 3.73. The second kappa shape index (κ2) is 6.00. The van der Waals surface area contributed by atoms with Crippen LogP contribution in [0.3, 0.4) is 0 Å². The summed E-state index contributed by atoms with van der Waals surface area (Å²) >= 11 is 0. The van der Waals surface area contributed by atoms with Gasteiger partial charge in [-0.1, -0.05) is 30.3 Å². The average Bonchev–Trinajstić information content (AvgIpc) is 2.62. The van der Waals surface area contributed by atoms with Gasteiger partial charge in [-0.3, -0.25) is 9.59 Å². The van der Waals surface area contributed by atoms with E-state index in [1.54, 1.807) is 17.1 Å². The van der Waals surface area contributed by atoms with Crippen molar-refractivity contribution in [3.63, 3.8) is 0 Å². The Hall–Kier alpha value is -2.10. The van der Waals surface area contributed by atoms with Gasteiger partial charge in [-0.25, -0.2) is 0 Å². The van der Waals surface area contributed by atoms with Crippen molar-refractivity contribution in [2.24, 2.45) is 0 Å². The van der Waals surface area contributed by atoms with Crippen LogP contribution >= 0.6 is 0 Å². The molecule has 0 unspecified atom stereocenters. The largest absolute Gasteiger partial charge is 0.354 e. The minimum Gasteiger partial charge on any atom is -0.354 e. The summed E-state index contributed by atoms with van der Waals surface area (Å²) in [7, 11) is 0. The Balaban J connectivity index is 1.95. The lowest BCUT2D eigenvalue weighted by Crippen LogP contribution is -2.32. The SMILES string of the molecule is O=C1CCN(C(=O)C=Cc2ccccc2)CCN1. The Kier molecular flexibility index (Phi) is 4.12. The van der Waals surface area contributed by atoms with E-state index in [0.29, 0.717) is 26.1 Å². The maximum absolute atomic E-state index is 11.9. The Bertz CT molecular complexity index is 454. The molecule has 1 aromatic carbocycles. The van der Waals surface area contributed by atoms with Crippen molar-refractivity contribution in [1.82, 2.24) is 10.2 Å². The van der Waals surface area contributed by atoms with Crippen molar-refractivity contribution in [3.8, 4) is 0 Å². The molecule has 94 valence electrons. The van der Waals surface area contributed by atoms with Gasteiger partial charge in [-0.2, -0.15) is 0 Å². The smallest absolute Gasteiger partial charge is 0.246 e. The first-order valence-corrected chi connectivity index (χ1v) is 6.04. The lowest BCUT2D eigenvalue weighted by Gasteiger charge is -2.17. The molecule has 0 aliphatic carbocycles. The molecule has 1 aromatic rings. The molecule has 0 atom stereocenters. The molecule has 18 heavy (non-hydrogen) atoms. The first kappa shape index (κ1) is 12.4. The Labute approximate surface area is 106 Å². The third-order valence-corrected chi connectivity index (χ3v) is 2.84. The Morgan fingerprint density at radius 1 is 1.22 bits per heavy atom. The van der Waals surface area contributed by atoms with Crippen LogP contribution in [0.5, 0.6) is 0 Å². The van der Waals surface area contributed by atoms with Gasteiger partial charge in [0.15, 0.2) is 0 Å². The van der Waals surface area contributed by atoms with Gasteiger partial charge in [0, 0.05) is 32.1 Å². The van der Waals surface area contributed by atoms with Crippen LogP contribution in [-0.2, 0) is 9.59 Å². The highest BCUT2D eigenvalue weighted by atomic mass is 16.2. The molecule has 4 nitrogen and oxygen atoms in total. The van der Waals surface area contributed by atoms with E-state index in [9.17, 15) is 9.59 Å². The number of nitrogens with zero attached hydrogens (tertiary/aromatic N) is 1. The average molecular weight is 244 g/mol. The molecule has 1 aliphatic heterocycles. The van der Waals surface area contributed by atoms with Crippen LogP contribution in [0.15, 0.2) is 36.4 Å². The number of rotatable bonds is 2. The van der Waals surface area contributed by atoms with Crippen LogP contribution < -0.4 is 5.32 Å². The zero-order valence-electron chi connectivity index (χ0n) is 10.1. The number of hydrogen-bond donors (Lipinski definition) is 1. The van der Waals surface area contributed by atoms with Crippen LogP contribution in [0.25, 0.3) is 6.08 Å². The Morgan fingerprint density at radius 2 is 2.00 bits per heavy atom. The summed E-state index contributed by atoms with van der Waals surface area (Å²) in [5.41, 5.74) is 0.995. The van der Waals surface area contributed by atoms with Gasteiger partial charge in [0.05, 0.1) is 0 Å². The first-order valence-electron chi connectivity index (χ1n) is 6.04. The normalized spacial score (nSPS) is 16.4. The van der Waals surface area contributed by atoms with Crippen molar-refractivity contribution in [3.05, 3.63) is 42.0 Å². The maximum atomic E-state index is 11.9. The van der Waals surface area contributed by atoms with Crippen molar-refractivity contribution < 1.29 is 9.59 Å². The lowest BCUT2D eigenvalue weighted by atomic mass is 10.2. The molecule has 2 rings (SSSR count). The van der Waals surface area contributed by atoms with Gasteiger partial charge in [-0.15, -0.1) is 0 Å². The molecule has 0 bridgehead atoms. The molecule has 0 spiro atoms. The van der Waals surface area contributed by atoms with Crippen LogP contribution in [0, 0.1) is 0 Å². The van der Waals surface area contributed by atoms with E-state index in [-0.39, 0.29) is 11.8 Å². The third kappa shape index (κ3) is 3.45. The quantitative estimate of drug-likeness (QED) is 0.790. The fourth-order valence-electron chi connectivity index (χ4n) is 1.82. The van der Waals surface area contributed by atoms with Gasteiger partial charge in [0.25, 0.3) is 0 Å². The highest BCUT2D eigenvalue weighted by molar-refractivity contribution is 5.92. The number of carbonyl (C=O) groups excluding carboxylic acids is 2. The molecule has 4 heteroatoms. The van der Waals surface area contributed by atoms with Gasteiger partial charge in [0.1, 0.15) is 0 Å². The summed E-state index contributed by atoms with van der Waals surface area (Å²) in [6, 6.07) is 9.68. The van der Waals surface area contributed by atoms with Gasteiger partial charge < -0.3 is 10.2 Å². The molecule has 0 aromatic heterocycles. The predicted molar refractivity (Wildman–Crippen MR) is 69.7 cm³/mol. The van der Waals surface area contributed by atoms with E-state index in [1.807, 2.05) is 30.3 Å². The highest BCUT2D eigenvalue weighted by Gasteiger charge is 2.15. The number of carbonyl (C=O) groups is 2. The number of nitrogens with one attached hydrogen (secondary N) is 1. The summed E-state index contributed by atoms with van der Waals surface area (Å²) in [6.45, 7) is 1.59. The third-order valence-electron chi connectivity index (χ3n) is 2.84. The van der Waals surface area contributed by atoms with E-state index in [0.717, 1.165) is 5.56 Å². The summed E-state index contributed by atoms with van der Waals surface area (Å²) < 4.78 is 0. The first-order chi connectivity index (χ1) is 8.75. The molecule has 0 saturated carbocycles. The summed E-state index contributed by atoms with van der Waals surface area (Å²) in [4.78, 5) is 24.8. The second-order valence-electron chi connectivity index (χ2n) is 4.17. The predicted octanol–water partition coefficient (Wildman–Crippen LogP) is 1.05. The Morgan fingerprint density at radius 3 is 2.78 bits per heavy atom. The zero-order chi connectivity index (χ0) is 12.8. The molecule has 1 fully saturated rings. The number of hydrogen-bond acceptors (Lipinski definition) is 2. The van der Waals surface area contributed by atoms with Gasteiger partial charge >= 0.3 is 0 Å². The molecule has 2 amide bonds. The molecule has 1 aliphatic rings. The molecular formula is C14H16N2O2. The van der Waals surface area contributed by atoms with Crippen LogP contribution in [0.4, 0.5) is 0 Å². The van der Waals surface area contributed by atoms with Crippen molar-refractivity contribution in [2.75, 3.05) is 19.6 Å². The second-order valence-corrected chi connectivity index (χ2v) is 4.17. The van der Waals surface area contributed by atoms with Crippen LogP contribution in [-0.4, -0.2) is 36.3 Å². The molecular weight excluding hydrogens is 228 g/mol. The highest BCUT2D eigenvalue weighted by Crippen LogP contribution is 2.03. The molecule has 1 heterocycles.